The molecule has 0 N–H and O–H groups in total. The molecule has 1 unspecified atom stereocenters. The molecule has 6 heteroatoms. The maximum atomic E-state index is 4.54. The third-order valence-electron chi connectivity index (χ3n) is 5.35. The highest BCUT2D eigenvalue weighted by Crippen LogP contribution is 2.26. The van der Waals surface area contributed by atoms with Gasteiger partial charge in [-0.25, -0.2) is 4.98 Å². The topological polar surface area (TPSA) is 51.8 Å². The van der Waals surface area contributed by atoms with E-state index in [0.29, 0.717) is 5.92 Å². The summed E-state index contributed by atoms with van der Waals surface area (Å²) in [5.74, 6) is 3.54. The average Bonchev–Trinajstić information content (AvgIpc) is 3.23. The number of hydrogen-bond donors (Lipinski definition) is 0. The molecular formula is C20H26N6. The predicted molar refractivity (Wildman–Crippen MR) is 101 cm³/mol. The molecule has 6 nitrogen and oxygen atoms in total. The van der Waals surface area contributed by atoms with Gasteiger partial charge in [-0.3, -0.25) is 4.90 Å². The van der Waals surface area contributed by atoms with Crippen LogP contribution in [0, 0.1) is 6.92 Å². The molecule has 1 saturated heterocycles. The van der Waals surface area contributed by atoms with Crippen molar-refractivity contribution in [2.45, 2.75) is 38.8 Å². The lowest BCUT2D eigenvalue weighted by Gasteiger charge is -2.32. The van der Waals surface area contributed by atoms with Gasteiger partial charge in [0.15, 0.2) is 5.82 Å². The van der Waals surface area contributed by atoms with Gasteiger partial charge in [0, 0.05) is 38.4 Å². The highest BCUT2D eigenvalue weighted by Gasteiger charge is 2.26. The van der Waals surface area contributed by atoms with Crippen molar-refractivity contribution < 1.29 is 0 Å². The number of rotatable bonds is 5. The zero-order valence-electron chi connectivity index (χ0n) is 15.5. The molecule has 2 aromatic heterocycles. The van der Waals surface area contributed by atoms with E-state index in [9.17, 15) is 0 Å². The molecule has 3 aromatic rings. The molecule has 0 saturated carbocycles. The van der Waals surface area contributed by atoms with Crippen molar-refractivity contribution in [1.29, 1.82) is 0 Å². The first kappa shape index (κ1) is 17.0. The molecule has 1 atom stereocenters. The van der Waals surface area contributed by atoms with Crippen molar-refractivity contribution >= 4 is 0 Å². The van der Waals surface area contributed by atoms with E-state index in [1.807, 2.05) is 19.3 Å². The SMILES string of the molecule is Cc1nccn1Cc1nnc(C2CCCN(Cc3ccccc3)C2)n1C. The largest absolute Gasteiger partial charge is 0.328 e. The summed E-state index contributed by atoms with van der Waals surface area (Å²) in [4.78, 5) is 6.83. The molecule has 1 aliphatic heterocycles. The maximum absolute atomic E-state index is 4.54. The number of hydrogen-bond acceptors (Lipinski definition) is 4. The van der Waals surface area contributed by atoms with E-state index < -0.39 is 0 Å². The number of benzene rings is 1. The Morgan fingerprint density at radius 2 is 1.96 bits per heavy atom. The first-order valence-corrected chi connectivity index (χ1v) is 9.33. The first-order valence-electron chi connectivity index (χ1n) is 9.33. The van der Waals surface area contributed by atoms with Crippen LogP contribution in [-0.2, 0) is 20.1 Å². The smallest absolute Gasteiger partial charge is 0.152 e. The van der Waals surface area contributed by atoms with Crippen LogP contribution in [0.15, 0.2) is 42.7 Å². The van der Waals surface area contributed by atoms with E-state index in [1.165, 1.54) is 18.4 Å². The molecule has 1 aromatic carbocycles. The molecule has 1 aliphatic rings. The molecular weight excluding hydrogens is 324 g/mol. The van der Waals surface area contributed by atoms with Crippen LogP contribution in [0.3, 0.4) is 0 Å². The van der Waals surface area contributed by atoms with E-state index in [0.717, 1.165) is 43.7 Å². The van der Waals surface area contributed by atoms with Crippen molar-refractivity contribution in [3.8, 4) is 0 Å². The van der Waals surface area contributed by atoms with E-state index in [1.54, 1.807) is 0 Å². The van der Waals surface area contributed by atoms with Crippen molar-refractivity contribution in [2.75, 3.05) is 13.1 Å². The molecule has 3 heterocycles. The van der Waals surface area contributed by atoms with Crippen LogP contribution in [0.5, 0.6) is 0 Å². The Kier molecular flexibility index (Phi) is 4.84. The van der Waals surface area contributed by atoms with Gasteiger partial charge in [0.1, 0.15) is 11.6 Å². The number of aryl methyl sites for hydroxylation is 1. The quantitative estimate of drug-likeness (QED) is 0.710. The normalized spacial score (nSPS) is 18.3. The van der Waals surface area contributed by atoms with Crippen LogP contribution in [0.1, 0.15) is 41.8 Å². The summed E-state index contributed by atoms with van der Waals surface area (Å²) < 4.78 is 4.28. The van der Waals surface area contributed by atoms with E-state index in [2.05, 4.69) is 66.6 Å². The molecule has 0 radical (unpaired) electrons. The van der Waals surface area contributed by atoms with Gasteiger partial charge in [-0.05, 0) is 31.9 Å². The minimum absolute atomic E-state index is 0.447. The predicted octanol–water partition coefficient (Wildman–Crippen LogP) is 2.75. The van der Waals surface area contributed by atoms with E-state index in [-0.39, 0.29) is 0 Å². The molecule has 1 fully saturated rings. The Balaban J connectivity index is 1.46. The summed E-state index contributed by atoms with van der Waals surface area (Å²) >= 11 is 0. The van der Waals surface area contributed by atoms with Gasteiger partial charge >= 0.3 is 0 Å². The zero-order chi connectivity index (χ0) is 17.9. The second-order valence-corrected chi connectivity index (χ2v) is 7.20. The van der Waals surface area contributed by atoms with Crippen LogP contribution < -0.4 is 0 Å². The van der Waals surface area contributed by atoms with Crippen LogP contribution in [-0.4, -0.2) is 42.3 Å². The summed E-state index contributed by atoms with van der Waals surface area (Å²) in [6, 6.07) is 10.7. The van der Waals surface area contributed by atoms with Crippen LogP contribution in [0.2, 0.25) is 0 Å². The lowest BCUT2D eigenvalue weighted by atomic mass is 9.96. The Labute approximate surface area is 154 Å². The van der Waals surface area contributed by atoms with E-state index >= 15 is 0 Å². The van der Waals surface area contributed by atoms with Crippen molar-refractivity contribution in [3.05, 3.63) is 65.8 Å². The van der Waals surface area contributed by atoms with Gasteiger partial charge in [-0.2, -0.15) is 0 Å². The lowest BCUT2D eigenvalue weighted by Crippen LogP contribution is -2.34. The Morgan fingerprint density at radius 1 is 1.12 bits per heavy atom. The minimum atomic E-state index is 0.447. The van der Waals surface area contributed by atoms with Crippen LogP contribution >= 0.6 is 0 Å². The van der Waals surface area contributed by atoms with Gasteiger partial charge in [0.25, 0.3) is 0 Å². The summed E-state index contributed by atoms with van der Waals surface area (Å²) in [5.41, 5.74) is 1.38. The molecule has 136 valence electrons. The van der Waals surface area contributed by atoms with Crippen molar-refractivity contribution in [2.24, 2.45) is 7.05 Å². The van der Waals surface area contributed by atoms with Crippen molar-refractivity contribution in [1.82, 2.24) is 29.2 Å². The van der Waals surface area contributed by atoms with E-state index in [4.69, 9.17) is 0 Å². The van der Waals surface area contributed by atoms with Gasteiger partial charge < -0.3 is 9.13 Å². The third-order valence-corrected chi connectivity index (χ3v) is 5.35. The number of aromatic nitrogens is 5. The number of imidazole rings is 1. The Morgan fingerprint density at radius 3 is 2.73 bits per heavy atom. The lowest BCUT2D eigenvalue weighted by molar-refractivity contribution is 0.195. The summed E-state index contributed by atoms with van der Waals surface area (Å²) in [7, 11) is 2.09. The van der Waals surface area contributed by atoms with Gasteiger partial charge in [-0.15, -0.1) is 10.2 Å². The maximum Gasteiger partial charge on any atom is 0.152 e. The highest BCUT2D eigenvalue weighted by molar-refractivity contribution is 5.15. The fraction of sp³-hybridized carbons (Fsp3) is 0.450. The fourth-order valence-corrected chi connectivity index (χ4v) is 3.84. The number of likely N-dealkylation sites (tertiary alicyclic amines) is 1. The standard InChI is InChI=1S/C20H26N6/c1-16-21-10-12-26(16)15-19-22-23-20(24(19)2)18-9-6-11-25(14-18)13-17-7-4-3-5-8-17/h3-5,7-8,10,12,18H,6,9,11,13-15H2,1-2H3. The molecule has 0 aliphatic carbocycles. The molecule has 0 amide bonds. The second-order valence-electron chi connectivity index (χ2n) is 7.20. The zero-order valence-corrected chi connectivity index (χ0v) is 15.5. The van der Waals surface area contributed by atoms with Gasteiger partial charge in [-0.1, -0.05) is 30.3 Å². The summed E-state index contributed by atoms with van der Waals surface area (Å²) in [5, 5.41) is 9.01. The molecule has 0 spiro atoms. The third kappa shape index (κ3) is 3.55. The first-order chi connectivity index (χ1) is 12.7. The molecule has 0 bridgehead atoms. The molecule has 4 rings (SSSR count). The average molecular weight is 350 g/mol. The number of piperidine rings is 1. The van der Waals surface area contributed by atoms with Gasteiger partial charge in [0.2, 0.25) is 0 Å². The fourth-order valence-electron chi connectivity index (χ4n) is 3.84. The second kappa shape index (κ2) is 7.41. The van der Waals surface area contributed by atoms with Gasteiger partial charge in [0.05, 0.1) is 6.54 Å². The Hall–Kier alpha value is -2.47. The van der Waals surface area contributed by atoms with Crippen LogP contribution in [0.25, 0.3) is 0 Å². The molecule has 26 heavy (non-hydrogen) atoms. The minimum Gasteiger partial charge on any atom is -0.328 e. The highest BCUT2D eigenvalue weighted by atomic mass is 15.3. The number of nitrogens with zero attached hydrogens (tertiary/aromatic N) is 6. The van der Waals surface area contributed by atoms with Crippen LogP contribution in [0.4, 0.5) is 0 Å². The Bertz CT molecular complexity index is 850. The summed E-state index contributed by atoms with van der Waals surface area (Å²) in [6.07, 6.45) is 6.21. The van der Waals surface area contributed by atoms with Crippen molar-refractivity contribution in [3.63, 3.8) is 0 Å². The summed E-state index contributed by atoms with van der Waals surface area (Å²) in [6.45, 7) is 5.95. The monoisotopic (exact) mass is 350 g/mol.